The predicted molar refractivity (Wildman–Crippen MR) is 74.3 cm³/mol. The second-order valence-corrected chi connectivity index (χ2v) is 5.24. The molecular formula is C12H14Cl3NO. The molecule has 0 fully saturated rings. The number of rotatable bonds is 5. The third-order valence-electron chi connectivity index (χ3n) is 2.00. The van der Waals surface area contributed by atoms with E-state index in [-0.39, 0.29) is 12.6 Å². The number of hydrogen-bond donors (Lipinski definition) is 1. The van der Waals surface area contributed by atoms with Crippen molar-refractivity contribution in [2.75, 3.05) is 6.61 Å². The Bertz CT molecular complexity index is 418. The molecule has 1 atom stereocenters. The quantitative estimate of drug-likeness (QED) is 0.890. The SMILES string of the molecule is C=C(Cl)COc1c(Cl)cc(Cl)cc1CC(C)N. The van der Waals surface area contributed by atoms with Gasteiger partial charge in [-0.25, -0.2) is 0 Å². The molecule has 0 aliphatic carbocycles. The molecule has 0 heterocycles. The molecule has 94 valence electrons. The summed E-state index contributed by atoms with van der Waals surface area (Å²) in [6.45, 7) is 5.66. The number of halogens is 3. The van der Waals surface area contributed by atoms with E-state index >= 15 is 0 Å². The zero-order valence-corrected chi connectivity index (χ0v) is 11.7. The summed E-state index contributed by atoms with van der Waals surface area (Å²) in [6.07, 6.45) is 0.629. The van der Waals surface area contributed by atoms with Crippen molar-refractivity contribution in [1.82, 2.24) is 0 Å². The fraction of sp³-hybridized carbons (Fsp3) is 0.333. The minimum absolute atomic E-state index is 0.00825. The topological polar surface area (TPSA) is 35.2 Å². The lowest BCUT2D eigenvalue weighted by Gasteiger charge is -2.14. The molecule has 1 aromatic carbocycles. The van der Waals surface area contributed by atoms with Gasteiger partial charge in [0.05, 0.1) is 5.02 Å². The van der Waals surface area contributed by atoms with Crippen molar-refractivity contribution in [2.45, 2.75) is 19.4 Å². The lowest BCUT2D eigenvalue weighted by Crippen LogP contribution is -2.18. The predicted octanol–water partition coefficient (Wildman–Crippen LogP) is 4.01. The molecule has 0 bridgehead atoms. The summed E-state index contributed by atoms with van der Waals surface area (Å²) in [4.78, 5) is 0. The maximum Gasteiger partial charge on any atom is 0.141 e. The lowest BCUT2D eigenvalue weighted by atomic mass is 10.1. The molecule has 1 unspecified atom stereocenters. The summed E-state index contributed by atoms with van der Waals surface area (Å²) >= 11 is 17.7. The van der Waals surface area contributed by atoms with Gasteiger partial charge in [-0.1, -0.05) is 41.4 Å². The van der Waals surface area contributed by atoms with Crippen LogP contribution in [0.25, 0.3) is 0 Å². The van der Waals surface area contributed by atoms with Gasteiger partial charge in [0.25, 0.3) is 0 Å². The van der Waals surface area contributed by atoms with Crippen molar-refractivity contribution >= 4 is 34.8 Å². The number of hydrogen-bond acceptors (Lipinski definition) is 2. The van der Waals surface area contributed by atoms with Crippen molar-refractivity contribution in [3.63, 3.8) is 0 Å². The van der Waals surface area contributed by atoms with Crippen LogP contribution in [0.4, 0.5) is 0 Å². The van der Waals surface area contributed by atoms with Crippen LogP contribution in [0, 0.1) is 0 Å². The normalized spacial score (nSPS) is 12.3. The van der Waals surface area contributed by atoms with Gasteiger partial charge in [-0.2, -0.15) is 0 Å². The van der Waals surface area contributed by atoms with Crippen LogP contribution >= 0.6 is 34.8 Å². The minimum atomic E-state index is -0.00825. The van der Waals surface area contributed by atoms with Crippen molar-refractivity contribution in [3.05, 3.63) is 39.4 Å². The molecule has 0 aliphatic heterocycles. The number of benzene rings is 1. The summed E-state index contributed by atoms with van der Waals surface area (Å²) < 4.78 is 5.51. The van der Waals surface area contributed by atoms with Crippen molar-refractivity contribution in [1.29, 1.82) is 0 Å². The van der Waals surface area contributed by atoms with Crippen molar-refractivity contribution in [2.24, 2.45) is 5.73 Å². The van der Waals surface area contributed by atoms with Gasteiger partial charge in [-0.15, -0.1) is 0 Å². The van der Waals surface area contributed by atoms with Gasteiger partial charge in [-0.05, 0) is 31.0 Å². The van der Waals surface area contributed by atoms with Gasteiger partial charge in [0.2, 0.25) is 0 Å². The molecule has 0 radical (unpaired) electrons. The number of ether oxygens (including phenoxy) is 1. The van der Waals surface area contributed by atoms with E-state index in [9.17, 15) is 0 Å². The minimum Gasteiger partial charge on any atom is -0.486 e. The molecule has 0 spiro atoms. The third kappa shape index (κ3) is 4.76. The zero-order chi connectivity index (χ0) is 13.0. The molecule has 1 aromatic rings. The van der Waals surface area contributed by atoms with Gasteiger partial charge in [0, 0.05) is 16.1 Å². The maximum atomic E-state index is 6.08. The Kier molecular flexibility index (Phi) is 5.60. The molecule has 2 N–H and O–H groups in total. The van der Waals surface area contributed by atoms with Crippen LogP contribution in [0.1, 0.15) is 12.5 Å². The van der Waals surface area contributed by atoms with Crippen LogP contribution in [0.15, 0.2) is 23.7 Å². The lowest BCUT2D eigenvalue weighted by molar-refractivity contribution is 0.355. The average molecular weight is 295 g/mol. The van der Waals surface area contributed by atoms with E-state index < -0.39 is 0 Å². The highest BCUT2D eigenvalue weighted by molar-refractivity contribution is 6.35. The maximum absolute atomic E-state index is 6.08. The van der Waals surface area contributed by atoms with Crippen molar-refractivity contribution in [3.8, 4) is 5.75 Å². The second kappa shape index (κ2) is 6.50. The van der Waals surface area contributed by atoms with Gasteiger partial charge in [0.15, 0.2) is 0 Å². The van der Waals surface area contributed by atoms with Crippen LogP contribution in [0.3, 0.4) is 0 Å². The molecule has 5 heteroatoms. The molecular weight excluding hydrogens is 280 g/mol. The first kappa shape index (κ1) is 14.7. The van der Waals surface area contributed by atoms with E-state index in [0.717, 1.165) is 5.56 Å². The molecule has 0 aliphatic rings. The average Bonchev–Trinajstić information content (AvgIpc) is 2.14. The van der Waals surface area contributed by atoms with Gasteiger partial charge < -0.3 is 10.5 Å². The molecule has 0 saturated carbocycles. The van der Waals surface area contributed by atoms with Crippen LogP contribution in [0.5, 0.6) is 5.75 Å². The van der Waals surface area contributed by atoms with Gasteiger partial charge in [0.1, 0.15) is 12.4 Å². The highest BCUT2D eigenvalue weighted by Gasteiger charge is 2.12. The Morgan fingerprint density at radius 2 is 2.12 bits per heavy atom. The monoisotopic (exact) mass is 293 g/mol. The van der Waals surface area contributed by atoms with E-state index in [1.807, 2.05) is 6.92 Å². The molecule has 1 rings (SSSR count). The van der Waals surface area contributed by atoms with Crippen molar-refractivity contribution < 1.29 is 4.74 Å². The second-order valence-electron chi connectivity index (χ2n) is 3.86. The van der Waals surface area contributed by atoms with Crippen LogP contribution < -0.4 is 10.5 Å². The van der Waals surface area contributed by atoms with Gasteiger partial charge >= 0.3 is 0 Å². The Labute approximate surface area is 116 Å². The highest BCUT2D eigenvalue weighted by atomic mass is 35.5. The van der Waals surface area contributed by atoms with E-state index in [0.29, 0.717) is 27.2 Å². The van der Waals surface area contributed by atoms with Crippen LogP contribution in [-0.2, 0) is 6.42 Å². The van der Waals surface area contributed by atoms with E-state index in [1.54, 1.807) is 12.1 Å². The molecule has 0 saturated heterocycles. The summed E-state index contributed by atoms with van der Waals surface area (Å²) in [5.74, 6) is 0.565. The Hall–Kier alpha value is -0.410. The summed E-state index contributed by atoms with van der Waals surface area (Å²) in [5, 5.41) is 1.41. The Morgan fingerprint density at radius 3 is 2.65 bits per heavy atom. The molecule has 0 aromatic heterocycles. The summed E-state index contributed by atoms with van der Waals surface area (Å²) in [5.41, 5.74) is 6.63. The standard InChI is InChI=1S/C12H14Cl3NO/c1-7(13)6-17-12-9(3-8(2)16)4-10(14)5-11(12)15/h4-5,8H,1,3,6,16H2,2H3. The summed E-state index contributed by atoms with van der Waals surface area (Å²) in [6, 6.07) is 3.41. The van der Waals surface area contributed by atoms with Gasteiger partial charge in [-0.3, -0.25) is 0 Å². The molecule has 0 amide bonds. The smallest absolute Gasteiger partial charge is 0.141 e. The Morgan fingerprint density at radius 1 is 1.47 bits per heavy atom. The molecule has 17 heavy (non-hydrogen) atoms. The largest absolute Gasteiger partial charge is 0.486 e. The number of nitrogens with two attached hydrogens (primary N) is 1. The first-order valence-electron chi connectivity index (χ1n) is 5.09. The van der Waals surface area contributed by atoms with Crippen LogP contribution in [0.2, 0.25) is 10.0 Å². The first-order chi connectivity index (χ1) is 7.90. The van der Waals surface area contributed by atoms with Crippen LogP contribution in [-0.4, -0.2) is 12.6 Å². The summed E-state index contributed by atoms with van der Waals surface area (Å²) in [7, 11) is 0. The molecule has 2 nitrogen and oxygen atoms in total. The first-order valence-corrected chi connectivity index (χ1v) is 6.23. The Balaban J connectivity index is 3.02. The van der Waals surface area contributed by atoms with E-state index in [1.165, 1.54) is 0 Å². The fourth-order valence-corrected chi connectivity index (χ4v) is 2.07. The van der Waals surface area contributed by atoms with E-state index in [4.69, 9.17) is 45.3 Å². The third-order valence-corrected chi connectivity index (χ3v) is 2.61. The fourth-order valence-electron chi connectivity index (χ4n) is 1.42. The zero-order valence-electron chi connectivity index (χ0n) is 9.47. The van der Waals surface area contributed by atoms with E-state index in [2.05, 4.69) is 6.58 Å². The highest BCUT2D eigenvalue weighted by Crippen LogP contribution is 2.33.